The van der Waals surface area contributed by atoms with E-state index in [0.29, 0.717) is 33.9 Å². The van der Waals surface area contributed by atoms with Gasteiger partial charge in [-0.05, 0) is 47.5 Å². The predicted molar refractivity (Wildman–Crippen MR) is 137 cm³/mol. The Hall–Kier alpha value is -3.84. The third-order valence-corrected chi connectivity index (χ3v) is 5.89. The molecule has 4 rings (SSSR count). The zero-order chi connectivity index (χ0) is 24.2. The molecule has 0 amide bonds. The number of rotatable bonds is 7. The van der Waals surface area contributed by atoms with Crippen molar-refractivity contribution in [3.8, 4) is 28.4 Å². The van der Waals surface area contributed by atoms with E-state index in [0.717, 1.165) is 15.4 Å². The number of nitrogens with one attached hydrogen (secondary N) is 1. The summed E-state index contributed by atoms with van der Waals surface area (Å²) in [6.45, 7) is 0. The maximum Gasteiger partial charge on any atom is 0.260 e. The summed E-state index contributed by atoms with van der Waals surface area (Å²) in [5.41, 5.74) is 2.29. The van der Waals surface area contributed by atoms with Crippen molar-refractivity contribution in [2.45, 2.75) is 0 Å². The van der Waals surface area contributed by atoms with E-state index in [1.165, 1.54) is 27.4 Å². The average Bonchev–Trinajstić information content (AvgIpc) is 2.86. The quantitative estimate of drug-likeness (QED) is 0.243. The molecule has 0 aliphatic carbocycles. The van der Waals surface area contributed by atoms with E-state index in [4.69, 9.17) is 14.2 Å². The molecule has 0 unspecified atom stereocenters. The fourth-order valence-electron chi connectivity index (χ4n) is 3.86. The predicted octanol–water partition coefficient (Wildman–Crippen LogP) is 5.88. The lowest BCUT2D eigenvalue weighted by Gasteiger charge is -2.13. The molecule has 0 aliphatic heterocycles. The van der Waals surface area contributed by atoms with Gasteiger partial charge in [0.25, 0.3) is 5.56 Å². The molecule has 0 bridgehead atoms. The Morgan fingerprint density at radius 2 is 1.59 bits per heavy atom. The second-order valence-electron chi connectivity index (χ2n) is 7.42. The number of benzene rings is 3. The van der Waals surface area contributed by atoms with Crippen molar-refractivity contribution in [1.82, 2.24) is 4.98 Å². The number of allylic oxidation sites excluding steroid dienone is 1. The number of carbonyl (C=O) groups excluding carboxylic acids is 1. The Morgan fingerprint density at radius 3 is 2.21 bits per heavy atom. The van der Waals surface area contributed by atoms with Crippen molar-refractivity contribution >= 4 is 38.7 Å². The summed E-state index contributed by atoms with van der Waals surface area (Å²) in [4.78, 5) is 29.3. The van der Waals surface area contributed by atoms with Gasteiger partial charge in [0.2, 0.25) is 5.75 Å². The Labute approximate surface area is 204 Å². The lowest BCUT2D eigenvalue weighted by molar-refractivity contribution is 0.104. The highest BCUT2D eigenvalue weighted by molar-refractivity contribution is 9.10. The fraction of sp³-hybridized carbons (Fsp3) is 0.111. The van der Waals surface area contributed by atoms with Gasteiger partial charge < -0.3 is 19.2 Å². The summed E-state index contributed by atoms with van der Waals surface area (Å²) in [6.07, 6.45) is 2.99. The van der Waals surface area contributed by atoms with Gasteiger partial charge in [0.15, 0.2) is 17.3 Å². The minimum absolute atomic E-state index is 0.0699. The van der Waals surface area contributed by atoms with Crippen LogP contribution in [0.25, 0.3) is 28.1 Å². The number of H-pyrrole nitrogens is 1. The topological polar surface area (TPSA) is 77.6 Å². The highest BCUT2D eigenvalue weighted by atomic mass is 79.9. The Bertz CT molecular complexity index is 1430. The molecule has 0 fully saturated rings. The van der Waals surface area contributed by atoms with Crippen LogP contribution in [0.4, 0.5) is 0 Å². The molecule has 0 atom stereocenters. The van der Waals surface area contributed by atoms with Crippen LogP contribution in [0.1, 0.15) is 15.9 Å². The lowest BCUT2D eigenvalue weighted by Crippen LogP contribution is -2.18. The zero-order valence-corrected chi connectivity index (χ0v) is 20.4. The van der Waals surface area contributed by atoms with E-state index in [-0.39, 0.29) is 5.56 Å². The Kier molecular flexibility index (Phi) is 6.84. The normalized spacial score (nSPS) is 11.1. The Balaban J connectivity index is 1.86. The summed E-state index contributed by atoms with van der Waals surface area (Å²) in [6, 6.07) is 18.4. The van der Waals surface area contributed by atoms with E-state index in [9.17, 15) is 9.59 Å². The van der Waals surface area contributed by atoms with Crippen molar-refractivity contribution in [1.29, 1.82) is 0 Å². The van der Waals surface area contributed by atoms with Crippen LogP contribution in [-0.4, -0.2) is 32.1 Å². The molecule has 6 nitrogen and oxygen atoms in total. The van der Waals surface area contributed by atoms with Crippen molar-refractivity contribution in [3.63, 3.8) is 0 Å². The molecule has 34 heavy (non-hydrogen) atoms. The number of aromatic nitrogens is 1. The summed E-state index contributed by atoms with van der Waals surface area (Å²) >= 11 is 3.49. The molecule has 1 N–H and O–H groups in total. The molecule has 0 saturated heterocycles. The van der Waals surface area contributed by atoms with E-state index in [1.54, 1.807) is 18.2 Å². The smallest absolute Gasteiger partial charge is 0.260 e. The first-order valence-electron chi connectivity index (χ1n) is 10.4. The van der Waals surface area contributed by atoms with Gasteiger partial charge in [-0.1, -0.05) is 52.3 Å². The van der Waals surface area contributed by atoms with Crippen molar-refractivity contribution < 1.29 is 19.0 Å². The number of ether oxygens (including phenoxy) is 3. The first-order chi connectivity index (χ1) is 16.5. The summed E-state index contributed by atoms with van der Waals surface area (Å²) < 4.78 is 17.0. The first-order valence-corrected chi connectivity index (χ1v) is 11.2. The minimum Gasteiger partial charge on any atom is -0.493 e. The third-order valence-electron chi connectivity index (χ3n) is 5.40. The molecule has 0 aliphatic rings. The minimum atomic E-state index is -0.451. The highest BCUT2D eigenvalue weighted by Crippen LogP contribution is 2.38. The molecule has 1 heterocycles. The third kappa shape index (κ3) is 4.47. The van der Waals surface area contributed by atoms with Gasteiger partial charge in [0, 0.05) is 20.9 Å². The van der Waals surface area contributed by atoms with Gasteiger partial charge >= 0.3 is 0 Å². The van der Waals surface area contributed by atoms with E-state index >= 15 is 0 Å². The fourth-order valence-corrected chi connectivity index (χ4v) is 4.22. The van der Waals surface area contributed by atoms with Crippen molar-refractivity contribution in [2.24, 2.45) is 0 Å². The van der Waals surface area contributed by atoms with Gasteiger partial charge in [-0.3, -0.25) is 9.59 Å². The molecule has 172 valence electrons. The number of ketones is 1. The lowest BCUT2D eigenvalue weighted by atomic mass is 9.94. The van der Waals surface area contributed by atoms with Crippen LogP contribution >= 0.6 is 15.9 Å². The number of hydrogen-bond donors (Lipinski definition) is 1. The largest absolute Gasteiger partial charge is 0.493 e. The van der Waals surface area contributed by atoms with E-state index < -0.39 is 11.3 Å². The summed E-state index contributed by atoms with van der Waals surface area (Å²) in [5.74, 6) is 0.965. The molecule has 0 saturated carbocycles. The molecule has 0 spiro atoms. The van der Waals surface area contributed by atoms with Crippen LogP contribution in [-0.2, 0) is 0 Å². The Morgan fingerprint density at radius 1 is 0.912 bits per heavy atom. The number of carbonyl (C=O) groups is 1. The first kappa shape index (κ1) is 23.3. The van der Waals surface area contributed by atoms with Crippen LogP contribution in [0.5, 0.6) is 17.2 Å². The SMILES string of the molecule is COc1cc(C=CC(=O)c2c(-c3ccccc3)c3cc(Br)ccc3[nH]c2=O)cc(OC)c1OC. The molecule has 0 radical (unpaired) electrons. The number of pyridine rings is 1. The number of hydrogen-bond acceptors (Lipinski definition) is 5. The standard InChI is InChI=1S/C27H22BrNO5/c1-32-22-13-16(14-23(33-2)26(22)34-3)9-12-21(30)25-24(17-7-5-4-6-8-17)19-15-18(28)10-11-20(19)29-27(25)31/h4-15H,1-3H3,(H,29,31). The van der Waals surface area contributed by atoms with Crippen molar-refractivity contribution in [2.75, 3.05) is 21.3 Å². The van der Waals surface area contributed by atoms with E-state index in [2.05, 4.69) is 20.9 Å². The number of halogens is 1. The monoisotopic (exact) mass is 519 g/mol. The average molecular weight is 520 g/mol. The molecule has 7 heteroatoms. The van der Waals surface area contributed by atoms with Gasteiger partial charge in [-0.15, -0.1) is 0 Å². The maximum atomic E-state index is 13.4. The molecular weight excluding hydrogens is 498 g/mol. The van der Waals surface area contributed by atoms with Gasteiger partial charge in [0.05, 0.1) is 26.9 Å². The second-order valence-corrected chi connectivity index (χ2v) is 8.33. The molecule has 3 aromatic carbocycles. The van der Waals surface area contributed by atoms with Gasteiger partial charge in [-0.2, -0.15) is 0 Å². The number of aromatic amines is 1. The second kappa shape index (κ2) is 9.97. The molecule has 1 aromatic heterocycles. The van der Waals surface area contributed by atoms with Crippen LogP contribution in [0.15, 0.2) is 76.0 Å². The number of fused-ring (bicyclic) bond motifs is 1. The van der Waals surface area contributed by atoms with Crippen LogP contribution in [0.2, 0.25) is 0 Å². The molecule has 4 aromatic rings. The highest BCUT2D eigenvalue weighted by Gasteiger charge is 2.20. The van der Waals surface area contributed by atoms with E-state index in [1.807, 2.05) is 48.5 Å². The summed E-state index contributed by atoms with van der Waals surface area (Å²) in [5, 5.41) is 0.768. The van der Waals surface area contributed by atoms with Gasteiger partial charge in [-0.25, -0.2) is 0 Å². The summed E-state index contributed by atoms with van der Waals surface area (Å²) in [7, 11) is 4.57. The number of methoxy groups -OCH3 is 3. The zero-order valence-electron chi connectivity index (χ0n) is 18.8. The van der Waals surface area contributed by atoms with Crippen LogP contribution in [0.3, 0.4) is 0 Å². The maximum absolute atomic E-state index is 13.4. The van der Waals surface area contributed by atoms with Gasteiger partial charge in [0.1, 0.15) is 0 Å². The molecular formula is C27H22BrNO5. The van der Waals surface area contributed by atoms with Crippen LogP contribution in [0, 0.1) is 0 Å². The van der Waals surface area contributed by atoms with Crippen molar-refractivity contribution in [3.05, 3.63) is 92.7 Å². The van der Waals surface area contributed by atoms with Crippen LogP contribution < -0.4 is 19.8 Å².